The van der Waals surface area contributed by atoms with Crippen LogP contribution in [0, 0.1) is 5.92 Å². The first-order chi connectivity index (χ1) is 7.17. The monoisotopic (exact) mass is 246 g/mol. The van der Waals surface area contributed by atoms with Crippen molar-refractivity contribution in [3.8, 4) is 0 Å². The summed E-state index contributed by atoms with van der Waals surface area (Å²) in [5, 5.41) is 2.57. The van der Waals surface area contributed by atoms with E-state index < -0.39 is 14.4 Å². The number of hydrogen-bond donors (Lipinski definition) is 2. The zero-order valence-electron chi connectivity index (χ0n) is 10.7. The molecule has 1 unspecified atom stereocenters. The van der Waals surface area contributed by atoms with Gasteiger partial charge in [-0.2, -0.15) is 0 Å². The topological polar surface area (TPSA) is 81.4 Å². The number of nitrogens with two attached hydrogens (primary N) is 1. The molecule has 16 heavy (non-hydrogen) atoms. The van der Waals surface area contributed by atoms with Crippen molar-refractivity contribution in [2.75, 3.05) is 6.54 Å². The van der Waals surface area contributed by atoms with Crippen LogP contribution < -0.4 is 11.1 Å². The summed E-state index contributed by atoms with van der Waals surface area (Å²) in [7, 11) is -1.92. The summed E-state index contributed by atoms with van der Waals surface area (Å²) in [6, 6.07) is -0.609. The van der Waals surface area contributed by atoms with E-state index in [4.69, 9.17) is 10.2 Å². The lowest BCUT2D eigenvalue weighted by atomic mass is 10.1. The highest BCUT2D eigenvalue weighted by Crippen LogP contribution is 2.09. The van der Waals surface area contributed by atoms with E-state index in [0.717, 1.165) is 0 Å². The number of nitrogens with one attached hydrogen (secondary N) is 1. The summed E-state index contributed by atoms with van der Waals surface area (Å²) >= 11 is 0. The molecule has 0 aliphatic heterocycles. The third-order valence-electron chi connectivity index (χ3n) is 1.83. The van der Waals surface area contributed by atoms with Gasteiger partial charge in [0.1, 0.15) is 6.04 Å². The summed E-state index contributed by atoms with van der Waals surface area (Å²) in [5.74, 6) is -0.721. The molecule has 0 heterocycles. The zero-order valence-corrected chi connectivity index (χ0v) is 11.7. The van der Waals surface area contributed by atoms with E-state index in [9.17, 15) is 9.59 Å². The predicted octanol–water partition coefficient (Wildman–Crippen LogP) is 0.464. The molecular formula is C10H22N2O3Si. The minimum atomic E-state index is -1.92. The van der Waals surface area contributed by atoms with Gasteiger partial charge in [-0.3, -0.25) is 9.59 Å². The first-order valence-corrected chi connectivity index (χ1v) is 8.80. The average molecular weight is 246 g/mol. The van der Waals surface area contributed by atoms with Crippen LogP contribution in [0.2, 0.25) is 19.6 Å². The standard InChI is InChI=1S/C10H22N2O3Si/c1-7(2)9(12-8(13)6-11)10(14)15-16(3,4)5/h7,9H,6,11H2,1-5H3,(H,12,13). The van der Waals surface area contributed by atoms with Crippen LogP contribution in [-0.4, -0.2) is 32.8 Å². The molecule has 94 valence electrons. The second-order valence-electron chi connectivity index (χ2n) is 5.03. The Morgan fingerprint density at radius 1 is 1.31 bits per heavy atom. The lowest BCUT2D eigenvalue weighted by Crippen LogP contribution is -2.49. The van der Waals surface area contributed by atoms with E-state index in [0.29, 0.717) is 0 Å². The predicted molar refractivity (Wildman–Crippen MR) is 65.3 cm³/mol. The zero-order chi connectivity index (χ0) is 12.9. The van der Waals surface area contributed by atoms with Crippen LogP contribution in [0.3, 0.4) is 0 Å². The third-order valence-corrected chi connectivity index (χ3v) is 2.64. The lowest BCUT2D eigenvalue weighted by Gasteiger charge is -2.25. The maximum absolute atomic E-state index is 11.8. The van der Waals surface area contributed by atoms with E-state index in [-0.39, 0.29) is 24.3 Å². The fourth-order valence-corrected chi connectivity index (χ4v) is 1.83. The Morgan fingerprint density at radius 3 is 2.12 bits per heavy atom. The lowest BCUT2D eigenvalue weighted by molar-refractivity contribution is -0.141. The van der Waals surface area contributed by atoms with Gasteiger partial charge < -0.3 is 15.5 Å². The van der Waals surface area contributed by atoms with Crippen molar-refractivity contribution in [2.24, 2.45) is 11.7 Å². The molecule has 0 radical (unpaired) electrons. The van der Waals surface area contributed by atoms with Crippen molar-refractivity contribution in [2.45, 2.75) is 39.5 Å². The van der Waals surface area contributed by atoms with Crippen molar-refractivity contribution in [3.05, 3.63) is 0 Å². The van der Waals surface area contributed by atoms with Crippen LogP contribution in [0.15, 0.2) is 0 Å². The molecule has 0 aliphatic carbocycles. The van der Waals surface area contributed by atoms with Gasteiger partial charge in [-0.25, -0.2) is 0 Å². The number of carbonyl (C=O) groups excluding carboxylic acids is 2. The van der Waals surface area contributed by atoms with Crippen molar-refractivity contribution < 1.29 is 14.0 Å². The number of amides is 1. The second-order valence-corrected chi connectivity index (χ2v) is 9.46. The molecule has 0 aromatic carbocycles. The molecule has 6 heteroatoms. The second kappa shape index (κ2) is 6.00. The van der Waals surface area contributed by atoms with Gasteiger partial charge in [-0.15, -0.1) is 0 Å². The Balaban J connectivity index is 4.54. The van der Waals surface area contributed by atoms with Crippen molar-refractivity contribution >= 4 is 20.2 Å². The minimum Gasteiger partial charge on any atom is -0.518 e. The largest absolute Gasteiger partial charge is 0.518 e. The van der Waals surface area contributed by atoms with Crippen molar-refractivity contribution in [3.63, 3.8) is 0 Å². The summed E-state index contributed by atoms with van der Waals surface area (Å²) in [6.45, 7) is 9.36. The Morgan fingerprint density at radius 2 is 1.81 bits per heavy atom. The Labute approximate surface area is 97.9 Å². The first kappa shape index (κ1) is 15.1. The quantitative estimate of drug-likeness (QED) is 0.691. The van der Waals surface area contributed by atoms with E-state index in [1.165, 1.54) is 0 Å². The molecule has 0 aromatic rings. The minimum absolute atomic E-state index is 0.0145. The third kappa shape index (κ3) is 5.87. The van der Waals surface area contributed by atoms with Crippen molar-refractivity contribution in [1.29, 1.82) is 0 Å². The van der Waals surface area contributed by atoms with E-state index >= 15 is 0 Å². The molecule has 0 aliphatic rings. The molecule has 1 amide bonds. The molecule has 0 fully saturated rings. The van der Waals surface area contributed by atoms with Crippen LogP contribution >= 0.6 is 0 Å². The van der Waals surface area contributed by atoms with E-state index in [1.54, 1.807) is 0 Å². The molecule has 0 rings (SSSR count). The SMILES string of the molecule is CC(C)C(NC(=O)CN)C(=O)O[Si](C)(C)C. The smallest absolute Gasteiger partial charge is 0.315 e. The maximum atomic E-state index is 11.8. The van der Waals surface area contributed by atoms with Gasteiger partial charge in [-0.1, -0.05) is 13.8 Å². The molecule has 0 saturated heterocycles. The van der Waals surface area contributed by atoms with Crippen LogP contribution in [0.4, 0.5) is 0 Å². The molecule has 3 N–H and O–H groups in total. The molecular weight excluding hydrogens is 224 g/mol. The van der Waals surface area contributed by atoms with Crippen LogP contribution in [0.25, 0.3) is 0 Å². The molecule has 5 nitrogen and oxygen atoms in total. The Kier molecular flexibility index (Phi) is 5.67. The number of carbonyl (C=O) groups is 2. The molecule has 0 spiro atoms. The van der Waals surface area contributed by atoms with Gasteiger partial charge in [0.25, 0.3) is 0 Å². The van der Waals surface area contributed by atoms with Gasteiger partial charge in [0.15, 0.2) is 0 Å². The fraction of sp³-hybridized carbons (Fsp3) is 0.800. The molecule has 0 aromatic heterocycles. The first-order valence-electron chi connectivity index (χ1n) is 5.39. The number of hydrogen-bond acceptors (Lipinski definition) is 4. The van der Waals surface area contributed by atoms with Gasteiger partial charge in [0, 0.05) is 0 Å². The summed E-state index contributed by atoms with van der Waals surface area (Å²) in [4.78, 5) is 23.0. The Bertz CT molecular complexity index is 261. The van der Waals surface area contributed by atoms with Gasteiger partial charge in [-0.05, 0) is 25.6 Å². The van der Waals surface area contributed by atoms with Gasteiger partial charge in [0.05, 0.1) is 6.54 Å². The Hall–Kier alpha value is -0.883. The number of rotatable bonds is 5. The summed E-state index contributed by atoms with van der Waals surface area (Å²) < 4.78 is 5.35. The normalized spacial score (nSPS) is 13.4. The summed E-state index contributed by atoms with van der Waals surface area (Å²) in [6.07, 6.45) is 0. The molecule has 0 bridgehead atoms. The van der Waals surface area contributed by atoms with Crippen LogP contribution in [-0.2, 0) is 14.0 Å². The fourth-order valence-electron chi connectivity index (χ4n) is 1.10. The van der Waals surface area contributed by atoms with Crippen LogP contribution in [0.1, 0.15) is 13.8 Å². The molecule has 0 saturated carbocycles. The van der Waals surface area contributed by atoms with E-state index in [2.05, 4.69) is 5.32 Å². The molecule has 1 atom stereocenters. The highest BCUT2D eigenvalue weighted by atomic mass is 28.4. The van der Waals surface area contributed by atoms with Crippen LogP contribution in [0.5, 0.6) is 0 Å². The highest BCUT2D eigenvalue weighted by Gasteiger charge is 2.29. The highest BCUT2D eigenvalue weighted by molar-refractivity contribution is 6.71. The van der Waals surface area contributed by atoms with E-state index in [1.807, 2.05) is 33.5 Å². The van der Waals surface area contributed by atoms with Gasteiger partial charge in [0.2, 0.25) is 14.2 Å². The maximum Gasteiger partial charge on any atom is 0.315 e. The average Bonchev–Trinajstić information content (AvgIpc) is 2.09. The van der Waals surface area contributed by atoms with Crippen molar-refractivity contribution in [1.82, 2.24) is 5.32 Å². The summed E-state index contributed by atoms with van der Waals surface area (Å²) in [5.41, 5.74) is 5.19. The van der Waals surface area contributed by atoms with Gasteiger partial charge >= 0.3 is 5.97 Å².